The van der Waals surface area contributed by atoms with E-state index < -0.39 is 22.9 Å². The van der Waals surface area contributed by atoms with Crippen molar-refractivity contribution >= 4 is 5.97 Å². The molecule has 0 saturated carbocycles. The van der Waals surface area contributed by atoms with Gasteiger partial charge in [-0.05, 0) is 32.6 Å². The summed E-state index contributed by atoms with van der Waals surface area (Å²) in [6.45, 7) is 3.21. The fourth-order valence-electron chi connectivity index (χ4n) is 3.04. The predicted molar refractivity (Wildman–Crippen MR) is 83.6 cm³/mol. The summed E-state index contributed by atoms with van der Waals surface area (Å²) in [4.78, 5) is 37.4. The number of nitrogens with one attached hydrogen (secondary N) is 1. The number of rotatable bonds is 4. The first-order chi connectivity index (χ1) is 11.5. The molecule has 3 heterocycles. The Morgan fingerprint density at radius 3 is 2.83 bits per heavy atom. The summed E-state index contributed by atoms with van der Waals surface area (Å²) in [5.74, 6) is -0.223. The average Bonchev–Trinajstić information content (AvgIpc) is 3.02. The molecule has 0 aliphatic carbocycles. The van der Waals surface area contributed by atoms with Gasteiger partial charge in [-0.1, -0.05) is 0 Å². The quantitative estimate of drug-likeness (QED) is 0.806. The third-order valence-corrected chi connectivity index (χ3v) is 4.74. The van der Waals surface area contributed by atoms with Crippen LogP contribution >= 0.6 is 0 Å². The van der Waals surface area contributed by atoms with Gasteiger partial charge < -0.3 is 14.2 Å². The van der Waals surface area contributed by atoms with Crippen LogP contribution in [0.5, 0.6) is 0 Å². The monoisotopic (exact) mass is 338 g/mol. The lowest BCUT2D eigenvalue weighted by Gasteiger charge is -2.31. The van der Waals surface area contributed by atoms with Crippen LogP contribution in [0.3, 0.4) is 0 Å². The maximum absolute atomic E-state index is 12.3. The second-order valence-electron chi connectivity index (χ2n) is 6.58. The molecule has 1 aromatic rings. The molecule has 8 heteroatoms. The molecule has 1 N–H and O–H groups in total. The zero-order valence-electron chi connectivity index (χ0n) is 13.7. The van der Waals surface area contributed by atoms with E-state index in [2.05, 4.69) is 4.98 Å². The number of hydrogen-bond acceptors (Lipinski definition) is 6. The van der Waals surface area contributed by atoms with Gasteiger partial charge in [0.2, 0.25) is 0 Å². The van der Waals surface area contributed by atoms with Gasteiger partial charge in [0.25, 0.3) is 5.56 Å². The molecule has 3 rings (SSSR count). The molecule has 132 valence electrons. The van der Waals surface area contributed by atoms with Gasteiger partial charge in [0, 0.05) is 25.5 Å². The Morgan fingerprint density at radius 2 is 2.12 bits per heavy atom. The Hall–Kier alpha value is -1.93. The Balaban J connectivity index is 1.54. The number of aromatic nitrogens is 2. The van der Waals surface area contributed by atoms with Crippen molar-refractivity contribution in [3.63, 3.8) is 0 Å². The minimum Gasteiger partial charge on any atom is -0.463 e. The summed E-state index contributed by atoms with van der Waals surface area (Å²) in [5, 5.41) is 0. The molecule has 2 aliphatic heterocycles. The smallest absolute Gasteiger partial charge is 0.330 e. The van der Waals surface area contributed by atoms with Gasteiger partial charge in [0.15, 0.2) is 0 Å². The standard InChI is InChI=1S/C16H22N2O6/c1-16(5-8-22-9-6-16)14(20)23-10-11-2-3-13(24-11)18-7-4-12(19)17-15(18)21/h4,7,11,13H,2-3,5-6,8-10H2,1H3,(H,17,19,21). The maximum atomic E-state index is 12.3. The Labute approximate surface area is 138 Å². The fourth-order valence-corrected chi connectivity index (χ4v) is 3.04. The van der Waals surface area contributed by atoms with E-state index in [1.807, 2.05) is 6.92 Å². The van der Waals surface area contributed by atoms with Gasteiger partial charge in [0.05, 0.1) is 11.5 Å². The predicted octanol–water partition coefficient (Wildman–Crippen LogP) is 0.574. The van der Waals surface area contributed by atoms with E-state index >= 15 is 0 Å². The minimum atomic E-state index is -0.500. The van der Waals surface area contributed by atoms with Crippen LogP contribution in [0, 0.1) is 5.41 Å². The van der Waals surface area contributed by atoms with Crippen LogP contribution in [-0.4, -0.2) is 41.4 Å². The van der Waals surface area contributed by atoms with Gasteiger partial charge in [-0.2, -0.15) is 0 Å². The van der Waals surface area contributed by atoms with E-state index in [-0.39, 0.29) is 18.7 Å². The van der Waals surface area contributed by atoms with Crippen molar-refractivity contribution < 1.29 is 19.0 Å². The highest BCUT2D eigenvalue weighted by Crippen LogP contribution is 2.32. The average molecular weight is 338 g/mol. The van der Waals surface area contributed by atoms with Gasteiger partial charge in [0.1, 0.15) is 12.8 Å². The van der Waals surface area contributed by atoms with E-state index in [1.54, 1.807) is 0 Å². The molecule has 1 aromatic heterocycles. The van der Waals surface area contributed by atoms with Crippen LogP contribution in [0.15, 0.2) is 21.9 Å². The first-order valence-electron chi connectivity index (χ1n) is 8.20. The number of carbonyl (C=O) groups excluding carboxylic acids is 1. The molecule has 0 amide bonds. The summed E-state index contributed by atoms with van der Waals surface area (Å²) in [6.07, 6.45) is 3.35. The van der Waals surface area contributed by atoms with Crippen molar-refractivity contribution in [3.8, 4) is 0 Å². The van der Waals surface area contributed by atoms with Crippen LogP contribution in [0.25, 0.3) is 0 Å². The van der Waals surface area contributed by atoms with Crippen molar-refractivity contribution in [2.24, 2.45) is 5.41 Å². The lowest BCUT2D eigenvalue weighted by Crippen LogP contribution is -2.37. The number of hydrogen-bond donors (Lipinski definition) is 1. The lowest BCUT2D eigenvalue weighted by molar-refractivity contribution is -0.164. The molecule has 0 aromatic carbocycles. The van der Waals surface area contributed by atoms with Crippen LogP contribution in [0.4, 0.5) is 0 Å². The number of esters is 1. The molecule has 0 spiro atoms. The maximum Gasteiger partial charge on any atom is 0.330 e. The molecule has 2 atom stereocenters. The van der Waals surface area contributed by atoms with Crippen molar-refractivity contribution in [2.75, 3.05) is 19.8 Å². The highest BCUT2D eigenvalue weighted by Gasteiger charge is 2.37. The van der Waals surface area contributed by atoms with Crippen molar-refractivity contribution in [2.45, 2.75) is 44.9 Å². The van der Waals surface area contributed by atoms with Crippen molar-refractivity contribution in [1.82, 2.24) is 9.55 Å². The summed E-state index contributed by atoms with van der Waals surface area (Å²) in [6, 6.07) is 1.28. The SMILES string of the molecule is CC1(C(=O)OCC2CCC(n3ccc(=O)[nH]c3=O)O2)CCOCC1. The van der Waals surface area contributed by atoms with E-state index in [1.165, 1.54) is 16.8 Å². The van der Waals surface area contributed by atoms with E-state index in [9.17, 15) is 14.4 Å². The van der Waals surface area contributed by atoms with Crippen LogP contribution < -0.4 is 11.2 Å². The molecule has 8 nitrogen and oxygen atoms in total. The highest BCUT2D eigenvalue weighted by atomic mass is 16.6. The van der Waals surface area contributed by atoms with Gasteiger partial charge in [-0.25, -0.2) is 4.79 Å². The van der Waals surface area contributed by atoms with Gasteiger partial charge in [-0.3, -0.25) is 19.1 Å². The third-order valence-electron chi connectivity index (χ3n) is 4.74. The zero-order chi connectivity index (χ0) is 17.2. The summed E-state index contributed by atoms with van der Waals surface area (Å²) >= 11 is 0. The first kappa shape index (κ1) is 16.9. The Kier molecular flexibility index (Phi) is 4.86. The van der Waals surface area contributed by atoms with Crippen LogP contribution in [0.2, 0.25) is 0 Å². The number of carbonyl (C=O) groups is 1. The largest absolute Gasteiger partial charge is 0.463 e. The number of ether oxygens (including phenoxy) is 3. The summed E-state index contributed by atoms with van der Waals surface area (Å²) in [5.41, 5.74) is -1.43. The normalized spacial score (nSPS) is 26.2. The summed E-state index contributed by atoms with van der Waals surface area (Å²) in [7, 11) is 0. The van der Waals surface area contributed by atoms with E-state index in [0.717, 1.165) is 0 Å². The number of H-pyrrole nitrogens is 1. The van der Waals surface area contributed by atoms with E-state index in [4.69, 9.17) is 14.2 Å². The van der Waals surface area contributed by atoms with E-state index in [0.29, 0.717) is 38.9 Å². The van der Waals surface area contributed by atoms with Crippen molar-refractivity contribution in [1.29, 1.82) is 0 Å². The number of nitrogens with zero attached hydrogens (tertiary/aromatic N) is 1. The minimum absolute atomic E-state index is 0.171. The van der Waals surface area contributed by atoms with Crippen molar-refractivity contribution in [3.05, 3.63) is 33.1 Å². The number of aromatic amines is 1. The molecule has 24 heavy (non-hydrogen) atoms. The molecule has 2 unspecified atom stereocenters. The third kappa shape index (κ3) is 3.59. The fraction of sp³-hybridized carbons (Fsp3) is 0.688. The lowest BCUT2D eigenvalue weighted by atomic mass is 9.82. The molecule has 2 fully saturated rings. The molecule has 0 radical (unpaired) electrons. The highest BCUT2D eigenvalue weighted by molar-refractivity contribution is 5.76. The van der Waals surface area contributed by atoms with Gasteiger partial charge in [-0.15, -0.1) is 0 Å². The second-order valence-corrected chi connectivity index (χ2v) is 6.58. The molecule has 2 saturated heterocycles. The van der Waals surface area contributed by atoms with Crippen LogP contribution in [0.1, 0.15) is 38.8 Å². The Bertz CT molecular complexity index is 703. The molecule has 2 aliphatic rings. The summed E-state index contributed by atoms with van der Waals surface area (Å²) < 4.78 is 17.9. The second kappa shape index (κ2) is 6.90. The molecular formula is C16H22N2O6. The van der Waals surface area contributed by atoms with Gasteiger partial charge >= 0.3 is 11.7 Å². The zero-order valence-corrected chi connectivity index (χ0v) is 13.7. The van der Waals surface area contributed by atoms with Crippen LogP contribution in [-0.2, 0) is 19.0 Å². The molecule has 0 bridgehead atoms. The topological polar surface area (TPSA) is 99.6 Å². The Morgan fingerprint density at radius 1 is 1.38 bits per heavy atom. The molecular weight excluding hydrogens is 316 g/mol. The first-order valence-corrected chi connectivity index (χ1v) is 8.20.